The molecule has 3 rings (SSSR count). The molecule has 8 heteroatoms. The molecule has 168 valence electrons. The minimum atomic E-state index is -0.871. The van der Waals surface area contributed by atoms with Gasteiger partial charge in [0.1, 0.15) is 12.6 Å². The Morgan fingerprint density at radius 1 is 1.29 bits per heavy atom. The number of carboxylic acid groups (broad SMARTS) is 1. The number of hydrogen-bond acceptors (Lipinski definition) is 5. The number of aliphatic carboxylic acids is 1. The van der Waals surface area contributed by atoms with Crippen LogP contribution in [0.1, 0.15) is 37.9 Å². The van der Waals surface area contributed by atoms with Crippen molar-refractivity contribution < 1.29 is 19.4 Å². The van der Waals surface area contributed by atoms with E-state index >= 15 is 0 Å². The van der Waals surface area contributed by atoms with Crippen LogP contribution in [0.4, 0.5) is 4.79 Å². The zero-order chi connectivity index (χ0) is 22.2. The van der Waals surface area contributed by atoms with Gasteiger partial charge in [-0.05, 0) is 24.3 Å². The van der Waals surface area contributed by atoms with Crippen LogP contribution in [0.15, 0.2) is 42.9 Å². The number of nitrogens with zero attached hydrogens (tertiary/aromatic N) is 3. The van der Waals surface area contributed by atoms with Gasteiger partial charge < -0.3 is 19.7 Å². The van der Waals surface area contributed by atoms with Gasteiger partial charge in [0, 0.05) is 38.3 Å². The molecule has 1 amide bonds. The molecule has 8 nitrogen and oxygen atoms in total. The number of hydrogen-bond donors (Lipinski definition) is 2. The Hall–Kier alpha value is -2.87. The standard InChI is InChI=1S/C23H32N4O4/c1-17(2)8-10-26-13-20(24-16-26)12-21(22(28)29)27-11-9-19(14-27)25-23(30)31-15-18-6-4-3-5-7-18/h3-7,13,16-17,19,21H,8-12,14-15H2,1-2H3,(H,25,30)(H,28,29). The molecule has 0 radical (unpaired) electrons. The molecule has 1 aromatic heterocycles. The molecule has 1 aliphatic rings. The molecule has 2 atom stereocenters. The van der Waals surface area contributed by atoms with E-state index < -0.39 is 18.1 Å². The second-order valence-electron chi connectivity index (χ2n) is 8.53. The van der Waals surface area contributed by atoms with Crippen molar-refractivity contribution in [3.8, 4) is 0 Å². The van der Waals surface area contributed by atoms with E-state index in [0.29, 0.717) is 31.8 Å². The van der Waals surface area contributed by atoms with Crippen LogP contribution in [0.2, 0.25) is 0 Å². The Balaban J connectivity index is 1.48. The van der Waals surface area contributed by atoms with E-state index in [4.69, 9.17) is 4.74 Å². The van der Waals surface area contributed by atoms with E-state index in [1.54, 1.807) is 6.33 Å². The Morgan fingerprint density at radius 3 is 2.77 bits per heavy atom. The molecule has 2 N–H and O–H groups in total. The first-order valence-corrected chi connectivity index (χ1v) is 10.9. The predicted molar refractivity (Wildman–Crippen MR) is 117 cm³/mol. The lowest BCUT2D eigenvalue weighted by atomic mass is 10.1. The number of amides is 1. The molecule has 1 fully saturated rings. The van der Waals surface area contributed by atoms with E-state index in [1.807, 2.05) is 46.0 Å². The number of aryl methyl sites for hydroxylation is 1. The molecule has 1 aliphatic heterocycles. The summed E-state index contributed by atoms with van der Waals surface area (Å²) < 4.78 is 7.29. The molecule has 2 heterocycles. The van der Waals surface area contributed by atoms with Crippen LogP contribution in [-0.2, 0) is 29.1 Å². The van der Waals surface area contributed by atoms with Crippen molar-refractivity contribution in [2.75, 3.05) is 13.1 Å². The largest absolute Gasteiger partial charge is 0.480 e. The summed E-state index contributed by atoms with van der Waals surface area (Å²) in [5.41, 5.74) is 1.69. The third kappa shape index (κ3) is 7.10. The first kappa shape index (κ1) is 22.8. The number of carboxylic acids is 1. The van der Waals surface area contributed by atoms with E-state index in [2.05, 4.69) is 24.1 Å². The molecule has 0 aliphatic carbocycles. The average molecular weight is 429 g/mol. The Bertz CT molecular complexity index is 852. The number of likely N-dealkylation sites (tertiary alicyclic amines) is 1. The van der Waals surface area contributed by atoms with Crippen molar-refractivity contribution in [2.24, 2.45) is 5.92 Å². The fourth-order valence-electron chi connectivity index (χ4n) is 3.73. The van der Waals surface area contributed by atoms with Gasteiger partial charge >= 0.3 is 12.1 Å². The summed E-state index contributed by atoms with van der Waals surface area (Å²) in [6.45, 7) is 6.52. The van der Waals surface area contributed by atoms with Gasteiger partial charge in [0.25, 0.3) is 0 Å². The number of rotatable bonds is 10. The summed E-state index contributed by atoms with van der Waals surface area (Å²) in [7, 11) is 0. The molecule has 31 heavy (non-hydrogen) atoms. The molecule has 2 aromatic rings. The summed E-state index contributed by atoms with van der Waals surface area (Å²) in [4.78, 5) is 30.3. The summed E-state index contributed by atoms with van der Waals surface area (Å²) in [6, 6.07) is 8.69. The fourth-order valence-corrected chi connectivity index (χ4v) is 3.73. The van der Waals surface area contributed by atoms with Gasteiger partial charge in [-0.1, -0.05) is 44.2 Å². The quantitative estimate of drug-likeness (QED) is 0.604. The first-order chi connectivity index (χ1) is 14.9. The van der Waals surface area contributed by atoms with E-state index in [0.717, 1.165) is 24.2 Å². The van der Waals surface area contributed by atoms with Crippen LogP contribution in [0.5, 0.6) is 0 Å². The monoisotopic (exact) mass is 428 g/mol. The molecule has 1 saturated heterocycles. The summed E-state index contributed by atoms with van der Waals surface area (Å²) >= 11 is 0. The van der Waals surface area contributed by atoms with Gasteiger partial charge in [0.2, 0.25) is 0 Å². The summed E-state index contributed by atoms with van der Waals surface area (Å²) in [6.07, 6.45) is 5.31. The van der Waals surface area contributed by atoms with Crippen molar-refractivity contribution in [3.05, 3.63) is 54.1 Å². The van der Waals surface area contributed by atoms with E-state index in [-0.39, 0.29) is 12.6 Å². The lowest BCUT2D eigenvalue weighted by Crippen LogP contribution is -2.44. The highest BCUT2D eigenvalue weighted by atomic mass is 16.5. The van der Waals surface area contributed by atoms with Crippen LogP contribution < -0.4 is 5.32 Å². The SMILES string of the molecule is CC(C)CCn1cnc(CC(C(=O)O)N2CCC(NC(=O)OCc3ccccc3)C2)c1. The lowest BCUT2D eigenvalue weighted by Gasteiger charge is -2.23. The van der Waals surface area contributed by atoms with E-state index in [1.165, 1.54) is 0 Å². The molecule has 1 aromatic carbocycles. The highest BCUT2D eigenvalue weighted by Gasteiger charge is 2.33. The Labute approximate surface area is 183 Å². The van der Waals surface area contributed by atoms with Gasteiger partial charge in [0.15, 0.2) is 0 Å². The van der Waals surface area contributed by atoms with Crippen molar-refractivity contribution in [2.45, 2.75) is 58.3 Å². The van der Waals surface area contributed by atoms with Gasteiger partial charge in [-0.2, -0.15) is 0 Å². The third-order valence-electron chi connectivity index (χ3n) is 5.53. The summed E-state index contributed by atoms with van der Waals surface area (Å²) in [5, 5.41) is 12.6. The number of nitrogens with one attached hydrogen (secondary N) is 1. The number of carbonyl (C=O) groups excluding carboxylic acids is 1. The zero-order valence-electron chi connectivity index (χ0n) is 18.2. The predicted octanol–water partition coefficient (Wildman–Crippen LogP) is 2.93. The molecular formula is C23H32N4O4. The minimum Gasteiger partial charge on any atom is -0.480 e. The molecule has 2 unspecified atom stereocenters. The summed E-state index contributed by atoms with van der Waals surface area (Å²) in [5.74, 6) is -0.268. The van der Waals surface area contributed by atoms with Gasteiger partial charge in [0.05, 0.1) is 12.0 Å². The molecule has 0 bridgehead atoms. The maximum Gasteiger partial charge on any atom is 0.407 e. The maximum atomic E-state index is 12.1. The minimum absolute atomic E-state index is 0.131. The second-order valence-corrected chi connectivity index (χ2v) is 8.53. The van der Waals surface area contributed by atoms with Crippen molar-refractivity contribution in [3.63, 3.8) is 0 Å². The van der Waals surface area contributed by atoms with Crippen molar-refractivity contribution >= 4 is 12.1 Å². The van der Waals surface area contributed by atoms with E-state index in [9.17, 15) is 14.7 Å². The second kappa shape index (κ2) is 10.9. The average Bonchev–Trinajstić information content (AvgIpc) is 3.39. The molecule has 0 saturated carbocycles. The topological polar surface area (TPSA) is 96.7 Å². The number of ether oxygens (including phenoxy) is 1. The third-order valence-corrected chi connectivity index (χ3v) is 5.53. The lowest BCUT2D eigenvalue weighted by molar-refractivity contribution is -0.142. The van der Waals surface area contributed by atoms with Crippen LogP contribution in [0, 0.1) is 5.92 Å². The Kier molecular flexibility index (Phi) is 8.06. The zero-order valence-corrected chi connectivity index (χ0v) is 18.2. The van der Waals surface area contributed by atoms with Crippen LogP contribution >= 0.6 is 0 Å². The maximum absolute atomic E-state index is 12.1. The van der Waals surface area contributed by atoms with Gasteiger partial charge in [-0.3, -0.25) is 9.69 Å². The fraction of sp³-hybridized carbons (Fsp3) is 0.522. The van der Waals surface area contributed by atoms with Crippen LogP contribution in [0.25, 0.3) is 0 Å². The number of aromatic nitrogens is 2. The normalized spacial score (nSPS) is 17.6. The molecule has 0 spiro atoms. The molecular weight excluding hydrogens is 396 g/mol. The van der Waals surface area contributed by atoms with Crippen LogP contribution in [0.3, 0.4) is 0 Å². The highest BCUT2D eigenvalue weighted by Crippen LogP contribution is 2.17. The van der Waals surface area contributed by atoms with Crippen molar-refractivity contribution in [1.29, 1.82) is 0 Å². The van der Waals surface area contributed by atoms with Crippen molar-refractivity contribution in [1.82, 2.24) is 19.8 Å². The number of alkyl carbamates (subject to hydrolysis) is 1. The Morgan fingerprint density at radius 2 is 2.06 bits per heavy atom. The highest BCUT2D eigenvalue weighted by molar-refractivity contribution is 5.74. The van der Waals surface area contributed by atoms with Crippen LogP contribution in [-0.4, -0.2) is 56.8 Å². The number of imidazole rings is 1. The van der Waals surface area contributed by atoms with Gasteiger partial charge in [-0.25, -0.2) is 9.78 Å². The number of carbonyl (C=O) groups is 2. The first-order valence-electron chi connectivity index (χ1n) is 10.9. The smallest absolute Gasteiger partial charge is 0.407 e. The number of benzene rings is 1. The van der Waals surface area contributed by atoms with Gasteiger partial charge in [-0.15, -0.1) is 0 Å².